The lowest BCUT2D eigenvalue weighted by Gasteiger charge is -2.14. The van der Waals surface area contributed by atoms with Crippen molar-refractivity contribution in [2.75, 3.05) is 10.6 Å². The van der Waals surface area contributed by atoms with Crippen LogP contribution >= 0.6 is 0 Å². The first-order valence-electron chi connectivity index (χ1n) is 8.84. The highest BCUT2D eigenvalue weighted by Gasteiger charge is 2.12. The average Bonchev–Trinajstić information content (AvgIpc) is 2.69. The van der Waals surface area contributed by atoms with E-state index in [0.29, 0.717) is 17.2 Å². The third kappa shape index (κ3) is 5.14. The van der Waals surface area contributed by atoms with Crippen LogP contribution in [-0.4, -0.2) is 21.8 Å². The number of aromatic nitrogens is 2. The number of nitrogens with zero attached hydrogens (tertiary/aromatic N) is 2. The lowest BCUT2D eigenvalue weighted by Crippen LogP contribution is -2.26. The molecule has 7 nitrogen and oxygen atoms in total. The normalized spacial score (nSPS) is 11.4. The van der Waals surface area contributed by atoms with E-state index >= 15 is 0 Å². The van der Waals surface area contributed by atoms with Crippen molar-refractivity contribution in [2.45, 2.75) is 19.9 Å². The molecule has 2 amide bonds. The van der Waals surface area contributed by atoms with Crippen LogP contribution in [0.1, 0.15) is 35.8 Å². The van der Waals surface area contributed by atoms with Gasteiger partial charge in [0.1, 0.15) is 0 Å². The molecule has 3 aromatic rings. The molecule has 2 aromatic carbocycles. The molecule has 0 fully saturated rings. The van der Waals surface area contributed by atoms with Crippen molar-refractivity contribution in [3.05, 3.63) is 78.1 Å². The van der Waals surface area contributed by atoms with E-state index in [1.807, 2.05) is 43.3 Å². The Morgan fingerprint density at radius 1 is 0.929 bits per heavy atom. The summed E-state index contributed by atoms with van der Waals surface area (Å²) in [5.74, 6) is -0.0308. The molecule has 1 aromatic heterocycles. The maximum absolute atomic E-state index is 12.4. The summed E-state index contributed by atoms with van der Waals surface area (Å²) in [6, 6.07) is 16.8. The second-order valence-corrected chi connectivity index (χ2v) is 6.29. The van der Waals surface area contributed by atoms with Crippen molar-refractivity contribution >= 4 is 29.1 Å². The van der Waals surface area contributed by atoms with Crippen LogP contribution in [0.4, 0.5) is 17.3 Å². The van der Waals surface area contributed by atoms with Gasteiger partial charge in [-0.25, -0.2) is 9.97 Å². The van der Waals surface area contributed by atoms with Crippen LogP contribution in [0.5, 0.6) is 0 Å². The van der Waals surface area contributed by atoms with Gasteiger partial charge in [0.15, 0.2) is 0 Å². The van der Waals surface area contributed by atoms with E-state index in [1.165, 1.54) is 19.3 Å². The zero-order chi connectivity index (χ0) is 19.9. The SMILES string of the molecule is CC(=O)Nc1cccc(Nc2ncc(C(=O)NC(C)c3ccccc3)cn2)c1. The van der Waals surface area contributed by atoms with E-state index in [9.17, 15) is 9.59 Å². The minimum absolute atomic E-state index is 0.122. The highest BCUT2D eigenvalue weighted by Crippen LogP contribution is 2.18. The number of nitrogens with one attached hydrogen (secondary N) is 3. The van der Waals surface area contributed by atoms with E-state index in [1.54, 1.807) is 18.2 Å². The molecule has 0 aliphatic rings. The minimum atomic E-state index is -0.240. The quantitative estimate of drug-likeness (QED) is 0.611. The highest BCUT2D eigenvalue weighted by atomic mass is 16.2. The molecule has 0 aliphatic heterocycles. The molecular formula is C21H21N5O2. The summed E-state index contributed by atoms with van der Waals surface area (Å²) in [6.07, 6.45) is 2.94. The van der Waals surface area contributed by atoms with Crippen molar-refractivity contribution in [2.24, 2.45) is 0 Å². The molecule has 142 valence electrons. The Balaban J connectivity index is 1.63. The van der Waals surface area contributed by atoms with Crippen LogP contribution < -0.4 is 16.0 Å². The molecular weight excluding hydrogens is 354 g/mol. The molecule has 7 heteroatoms. The number of hydrogen-bond acceptors (Lipinski definition) is 5. The molecule has 0 aliphatic carbocycles. The van der Waals surface area contributed by atoms with Crippen LogP contribution in [0.25, 0.3) is 0 Å². The molecule has 1 heterocycles. The van der Waals surface area contributed by atoms with Gasteiger partial charge in [-0.1, -0.05) is 36.4 Å². The molecule has 28 heavy (non-hydrogen) atoms. The van der Waals surface area contributed by atoms with Crippen LogP contribution in [0.15, 0.2) is 67.0 Å². The van der Waals surface area contributed by atoms with Gasteiger partial charge in [0, 0.05) is 30.7 Å². The Labute approximate surface area is 163 Å². The third-order valence-electron chi connectivity index (χ3n) is 4.00. The molecule has 1 atom stereocenters. The van der Waals surface area contributed by atoms with E-state index < -0.39 is 0 Å². The summed E-state index contributed by atoms with van der Waals surface area (Å²) >= 11 is 0. The van der Waals surface area contributed by atoms with Crippen LogP contribution in [0.3, 0.4) is 0 Å². The van der Waals surface area contributed by atoms with Gasteiger partial charge in [-0.15, -0.1) is 0 Å². The largest absolute Gasteiger partial charge is 0.345 e. The molecule has 0 saturated heterocycles. The first-order valence-corrected chi connectivity index (χ1v) is 8.84. The highest BCUT2D eigenvalue weighted by molar-refractivity contribution is 5.94. The van der Waals surface area contributed by atoms with Gasteiger partial charge in [-0.05, 0) is 30.7 Å². The van der Waals surface area contributed by atoms with Crippen molar-refractivity contribution in [3.63, 3.8) is 0 Å². The van der Waals surface area contributed by atoms with Crippen LogP contribution in [0, 0.1) is 0 Å². The number of rotatable bonds is 6. The Morgan fingerprint density at radius 2 is 1.61 bits per heavy atom. The number of anilines is 3. The maximum atomic E-state index is 12.4. The van der Waals surface area contributed by atoms with Crippen LogP contribution in [-0.2, 0) is 4.79 Å². The molecule has 1 unspecified atom stereocenters. The van der Waals surface area contributed by atoms with Crippen molar-refractivity contribution in [1.82, 2.24) is 15.3 Å². The maximum Gasteiger partial charge on any atom is 0.254 e. The fourth-order valence-corrected chi connectivity index (χ4v) is 2.62. The predicted octanol–water partition coefficient (Wildman–Crippen LogP) is 3.67. The van der Waals surface area contributed by atoms with Crippen molar-refractivity contribution < 1.29 is 9.59 Å². The fraction of sp³-hybridized carbons (Fsp3) is 0.143. The Bertz CT molecular complexity index is 958. The van der Waals surface area contributed by atoms with E-state index in [4.69, 9.17) is 0 Å². The lowest BCUT2D eigenvalue weighted by molar-refractivity contribution is -0.114. The van der Waals surface area contributed by atoms with E-state index in [2.05, 4.69) is 25.9 Å². The van der Waals surface area contributed by atoms with Gasteiger partial charge >= 0.3 is 0 Å². The first-order chi connectivity index (χ1) is 13.5. The number of amides is 2. The zero-order valence-electron chi connectivity index (χ0n) is 15.6. The second-order valence-electron chi connectivity index (χ2n) is 6.29. The Kier molecular flexibility index (Phi) is 5.96. The van der Waals surface area contributed by atoms with Crippen LogP contribution in [0.2, 0.25) is 0 Å². The van der Waals surface area contributed by atoms with Crippen molar-refractivity contribution in [3.8, 4) is 0 Å². The van der Waals surface area contributed by atoms with Crippen molar-refractivity contribution in [1.29, 1.82) is 0 Å². The Hall–Kier alpha value is -3.74. The van der Waals surface area contributed by atoms with Gasteiger partial charge in [0.25, 0.3) is 5.91 Å². The monoisotopic (exact) mass is 375 g/mol. The number of carbonyl (C=O) groups excluding carboxylic acids is 2. The molecule has 0 radical (unpaired) electrons. The first kappa shape index (κ1) is 19.0. The standard InChI is InChI=1S/C21H21N5O2/c1-14(16-7-4-3-5-8-16)24-20(28)17-12-22-21(23-13-17)26-19-10-6-9-18(11-19)25-15(2)27/h3-14H,1-2H3,(H,24,28)(H,25,27)(H,22,23,26). The Morgan fingerprint density at radius 3 is 2.29 bits per heavy atom. The number of benzene rings is 2. The van der Waals surface area contributed by atoms with Gasteiger partial charge in [0.2, 0.25) is 11.9 Å². The average molecular weight is 375 g/mol. The minimum Gasteiger partial charge on any atom is -0.345 e. The number of carbonyl (C=O) groups is 2. The molecule has 0 bridgehead atoms. The van der Waals surface area contributed by atoms with Gasteiger partial charge < -0.3 is 16.0 Å². The molecule has 3 rings (SSSR count). The summed E-state index contributed by atoms with van der Waals surface area (Å²) in [4.78, 5) is 31.9. The third-order valence-corrected chi connectivity index (χ3v) is 4.00. The summed E-state index contributed by atoms with van der Waals surface area (Å²) in [5, 5.41) is 8.69. The zero-order valence-corrected chi connectivity index (χ0v) is 15.6. The topological polar surface area (TPSA) is 96.0 Å². The van der Waals surface area contributed by atoms with E-state index in [-0.39, 0.29) is 17.9 Å². The molecule has 0 saturated carbocycles. The smallest absolute Gasteiger partial charge is 0.254 e. The van der Waals surface area contributed by atoms with Gasteiger partial charge in [-0.3, -0.25) is 9.59 Å². The summed E-state index contributed by atoms with van der Waals surface area (Å²) in [5.41, 5.74) is 2.79. The molecule has 0 spiro atoms. The van der Waals surface area contributed by atoms with E-state index in [0.717, 1.165) is 11.3 Å². The van der Waals surface area contributed by atoms with Gasteiger partial charge in [0.05, 0.1) is 11.6 Å². The lowest BCUT2D eigenvalue weighted by atomic mass is 10.1. The summed E-state index contributed by atoms with van der Waals surface area (Å²) < 4.78 is 0. The molecule has 3 N–H and O–H groups in total. The number of hydrogen-bond donors (Lipinski definition) is 3. The predicted molar refractivity (Wildman–Crippen MR) is 108 cm³/mol. The van der Waals surface area contributed by atoms with Gasteiger partial charge in [-0.2, -0.15) is 0 Å². The second kappa shape index (κ2) is 8.77. The fourth-order valence-electron chi connectivity index (χ4n) is 2.62. The summed E-state index contributed by atoms with van der Waals surface area (Å²) in [7, 11) is 0. The summed E-state index contributed by atoms with van der Waals surface area (Å²) in [6.45, 7) is 3.37.